The molecule has 0 aromatic heterocycles. The third-order valence-corrected chi connectivity index (χ3v) is 8.34. The number of carbonyl (C=O) groups is 2. The van der Waals surface area contributed by atoms with Crippen LogP contribution in [0.2, 0.25) is 15.1 Å². The monoisotopic (exact) mass is 599 g/mol. The van der Waals surface area contributed by atoms with Crippen molar-refractivity contribution < 1.29 is 22.4 Å². The van der Waals surface area contributed by atoms with Gasteiger partial charge in [0, 0.05) is 23.1 Å². The molecule has 0 radical (unpaired) electrons. The van der Waals surface area contributed by atoms with Crippen LogP contribution in [0.5, 0.6) is 0 Å². The minimum atomic E-state index is -4.29. The normalized spacial score (nSPS) is 12.1. The number of rotatable bonds is 10. The molecule has 0 spiro atoms. The van der Waals surface area contributed by atoms with Crippen LogP contribution in [0.3, 0.4) is 0 Å². The maximum absolute atomic E-state index is 13.9. The van der Waals surface area contributed by atoms with Crippen LogP contribution in [-0.4, -0.2) is 44.3 Å². The molecule has 0 aliphatic heterocycles. The number of amides is 2. The number of benzene rings is 3. The summed E-state index contributed by atoms with van der Waals surface area (Å²) in [5.41, 5.74) is 0.478. The minimum Gasteiger partial charge on any atom is -0.355 e. The molecular formula is C26H25Cl3FN3O4S. The second-order valence-corrected chi connectivity index (χ2v) is 11.4. The second kappa shape index (κ2) is 12.8. The molecule has 3 aromatic carbocycles. The highest BCUT2D eigenvalue weighted by atomic mass is 35.5. The number of nitrogens with zero attached hydrogens (tertiary/aromatic N) is 2. The number of nitrogens with one attached hydrogen (secondary N) is 1. The molecule has 12 heteroatoms. The zero-order chi connectivity index (χ0) is 28.0. The number of halogens is 4. The maximum Gasteiger partial charge on any atom is 0.264 e. The van der Waals surface area contributed by atoms with Crippen molar-refractivity contribution in [1.82, 2.24) is 10.2 Å². The standard InChI is InChI=1S/C26H25Cl3FN3O4S/c1-3-31-26(35)17(2)32(15-18-9-10-19(27)13-22(18)28)25(34)16-33(20-11-12-24(30)23(29)14-20)38(36,37)21-7-5-4-6-8-21/h4-14,17H,3,15-16H2,1-2H3,(H,31,35). The number of hydrogen-bond acceptors (Lipinski definition) is 4. The minimum absolute atomic E-state index is 0.0243. The molecule has 7 nitrogen and oxygen atoms in total. The third kappa shape index (κ3) is 6.96. The Morgan fingerprint density at radius 2 is 1.66 bits per heavy atom. The first-order valence-electron chi connectivity index (χ1n) is 11.5. The van der Waals surface area contributed by atoms with Crippen molar-refractivity contribution in [1.29, 1.82) is 0 Å². The average molecular weight is 601 g/mol. The first kappa shape index (κ1) is 29.7. The molecule has 1 N–H and O–H groups in total. The Hall–Kier alpha value is -2.85. The van der Waals surface area contributed by atoms with E-state index in [1.165, 1.54) is 48.2 Å². The number of hydrogen-bond donors (Lipinski definition) is 1. The van der Waals surface area contributed by atoms with E-state index in [1.54, 1.807) is 25.1 Å². The molecule has 3 rings (SSSR count). The lowest BCUT2D eigenvalue weighted by Crippen LogP contribution is -2.51. The van der Waals surface area contributed by atoms with Crippen LogP contribution >= 0.6 is 34.8 Å². The van der Waals surface area contributed by atoms with Gasteiger partial charge in [-0.1, -0.05) is 59.1 Å². The predicted molar refractivity (Wildman–Crippen MR) is 148 cm³/mol. The predicted octanol–water partition coefficient (Wildman–Crippen LogP) is 5.53. The Labute approximate surface area is 236 Å². The summed E-state index contributed by atoms with van der Waals surface area (Å²) >= 11 is 18.3. The fourth-order valence-corrected chi connectivity index (χ4v) is 5.70. The zero-order valence-electron chi connectivity index (χ0n) is 20.5. The molecule has 0 saturated carbocycles. The van der Waals surface area contributed by atoms with E-state index in [2.05, 4.69) is 5.32 Å². The molecule has 0 bridgehead atoms. The van der Waals surface area contributed by atoms with Gasteiger partial charge in [-0.2, -0.15) is 0 Å². The van der Waals surface area contributed by atoms with Gasteiger partial charge in [0.05, 0.1) is 15.6 Å². The van der Waals surface area contributed by atoms with Crippen molar-refractivity contribution in [2.45, 2.75) is 31.3 Å². The van der Waals surface area contributed by atoms with E-state index in [4.69, 9.17) is 34.8 Å². The number of sulfonamides is 1. The van der Waals surface area contributed by atoms with Gasteiger partial charge in [-0.15, -0.1) is 0 Å². The van der Waals surface area contributed by atoms with Gasteiger partial charge in [0.1, 0.15) is 18.4 Å². The van der Waals surface area contributed by atoms with Crippen LogP contribution in [0.1, 0.15) is 19.4 Å². The van der Waals surface area contributed by atoms with Gasteiger partial charge < -0.3 is 10.2 Å². The van der Waals surface area contributed by atoms with Crippen LogP contribution in [0.25, 0.3) is 0 Å². The van der Waals surface area contributed by atoms with E-state index in [0.717, 1.165) is 16.4 Å². The molecule has 2 amide bonds. The van der Waals surface area contributed by atoms with Gasteiger partial charge in [-0.3, -0.25) is 13.9 Å². The van der Waals surface area contributed by atoms with Crippen molar-refractivity contribution >= 4 is 62.3 Å². The van der Waals surface area contributed by atoms with Crippen molar-refractivity contribution in [2.24, 2.45) is 0 Å². The highest BCUT2D eigenvalue weighted by molar-refractivity contribution is 7.92. The highest BCUT2D eigenvalue weighted by Crippen LogP contribution is 2.29. The van der Waals surface area contributed by atoms with E-state index >= 15 is 0 Å². The molecule has 1 atom stereocenters. The molecule has 0 aliphatic rings. The number of carbonyl (C=O) groups excluding carboxylic acids is 2. The lowest BCUT2D eigenvalue weighted by atomic mass is 10.1. The van der Waals surface area contributed by atoms with Crippen molar-refractivity contribution in [3.63, 3.8) is 0 Å². The van der Waals surface area contributed by atoms with Gasteiger partial charge in [-0.05, 0) is 61.9 Å². The van der Waals surface area contributed by atoms with Crippen LogP contribution in [0.4, 0.5) is 10.1 Å². The molecule has 3 aromatic rings. The summed E-state index contributed by atoms with van der Waals surface area (Å²) in [7, 11) is -4.29. The Bertz CT molecular complexity index is 1420. The summed E-state index contributed by atoms with van der Waals surface area (Å²) in [6, 6.07) is 14.6. The summed E-state index contributed by atoms with van der Waals surface area (Å²) < 4.78 is 42.0. The van der Waals surface area contributed by atoms with Gasteiger partial charge in [0.2, 0.25) is 11.8 Å². The summed E-state index contributed by atoms with van der Waals surface area (Å²) in [4.78, 5) is 27.6. The van der Waals surface area contributed by atoms with E-state index in [9.17, 15) is 22.4 Å². The van der Waals surface area contributed by atoms with Crippen molar-refractivity contribution in [3.8, 4) is 0 Å². The number of likely N-dealkylation sites (N-methyl/N-ethyl adjacent to an activating group) is 1. The van der Waals surface area contributed by atoms with Crippen LogP contribution < -0.4 is 9.62 Å². The fraction of sp³-hybridized carbons (Fsp3) is 0.231. The zero-order valence-corrected chi connectivity index (χ0v) is 23.6. The molecule has 38 heavy (non-hydrogen) atoms. The highest BCUT2D eigenvalue weighted by Gasteiger charge is 2.33. The topological polar surface area (TPSA) is 86.8 Å². The fourth-order valence-electron chi connectivity index (χ4n) is 3.63. The molecule has 0 aliphatic carbocycles. The SMILES string of the molecule is CCNC(=O)C(C)N(Cc1ccc(Cl)cc1Cl)C(=O)CN(c1ccc(F)c(Cl)c1)S(=O)(=O)c1ccccc1. The average Bonchev–Trinajstić information content (AvgIpc) is 2.88. The smallest absolute Gasteiger partial charge is 0.264 e. The quantitative estimate of drug-likeness (QED) is 0.331. The van der Waals surface area contributed by atoms with E-state index in [0.29, 0.717) is 17.1 Å². The Kier molecular flexibility index (Phi) is 10.0. The molecule has 0 heterocycles. The Balaban J connectivity index is 2.06. The Morgan fingerprint density at radius 3 is 2.26 bits per heavy atom. The summed E-state index contributed by atoms with van der Waals surface area (Å²) in [5, 5.41) is 3.02. The van der Waals surface area contributed by atoms with Gasteiger partial charge in [-0.25, -0.2) is 12.8 Å². The van der Waals surface area contributed by atoms with E-state index in [-0.39, 0.29) is 27.2 Å². The molecule has 202 valence electrons. The van der Waals surface area contributed by atoms with Gasteiger partial charge >= 0.3 is 0 Å². The molecule has 1 unspecified atom stereocenters. The Morgan fingerprint density at radius 1 is 0.974 bits per heavy atom. The van der Waals surface area contributed by atoms with Gasteiger partial charge in [0.15, 0.2) is 0 Å². The first-order valence-corrected chi connectivity index (χ1v) is 14.1. The second-order valence-electron chi connectivity index (χ2n) is 8.25. The first-order chi connectivity index (χ1) is 17.9. The summed E-state index contributed by atoms with van der Waals surface area (Å²) in [5.74, 6) is -1.88. The largest absolute Gasteiger partial charge is 0.355 e. The summed E-state index contributed by atoms with van der Waals surface area (Å²) in [6.45, 7) is 2.79. The molecular weight excluding hydrogens is 576 g/mol. The lowest BCUT2D eigenvalue weighted by molar-refractivity contribution is -0.139. The summed E-state index contributed by atoms with van der Waals surface area (Å²) in [6.07, 6.45) is 0. The van der Waals surface area contributed by atoms with E-state index < -0.39 is 40.2 Å². The van der Waals surface area contributed by atoms with Crippen LogP contribution in [0.15, 0.2) is 71.6 Å². The van der Waals surface area contributed by atoms with Gasteiger partial charge in [0.25, 0.3) is 10.0 Å². The van der Waals surface area contributed by atoms with Crippen molar-refractivity contribution in [3.05, 3.63) is 93.2 Å². The van der Waals surface area contributed by atoms with E-state index in [1.807, 2.05) is 0 Å². The molecule has 0 fully saturated rings. The van der Waals surface area contributed by atoms with Crippen LogP contribution in [-0.2, 0) is 26.2 Å². The van der Waals surface area contributed by atoms with Crippen molar-refractivity contribution in [2.75, 3.05) is 17.4 Å². The molecule has 0 saturated heterocycles. The third-order valence-electron chi connectivity index (χ3n) is 5.68. The van der Waals surface area contributed by atoms with Crippen LogP contribution in [0, 0.1) is 5.82 Å². The number of anilines is 1. The maximum atomic E-state index is 13.9. The lowest BCUT2D eigenvalue weighted by Gasteiger charge is -2.32.